The van der Waals surface area contributed by atoms with Crippen molar-refractivity contribution >= 4 is 17.0 Å². The molecule has 1 heteroatoms. The summed E-state index contributed by atoms with van der Waals surface area (Å²) in [4.78, 5) is 0. The normalized spacial score (nSPS) is 12.1. The zero-order valence-corrected chi connectivity index (χ0v) is 10.0. The van der Waals surface area contributed by atoms with Crippen molar-refractivity contribution in [1.82, 2.24) is 0 Å². The van der Waals surface area contributed by atoms with Gasteiger partial charge in [-0.15, -0.1) is 0 Å². The van der Waals surface area contributed by atoms with E-state index in [0.717, 1.165) is 22.5 Å². The van der Waals surface area contributed by atoms with Crippen LogP contribution in [-0.4, -0.2) is 0 Å². The number of allylic oxidation sites excluding steroid dienone is 2. The van der Waals surface area contributed by atoms with Crippen LogP contribution in [0.15, 0.2) is 40.8 Å². The Bertz CT molecular complexity index is 570. The predicted molar refractivity (Wildman–Crippen MR) is 69.5 cm³/mol. The zero-order chi connectivity index (χ0) is 11.7. The molecule has 0 aliphatic heterocycles. The molecule has 1 aromatic carbocycles. The lowest BCUT2D eigenvalue weighted by atomic mass is 10.1. The third-order valence-electron chi connectivity index (χ3n) is 2.83. The lowest BCUT2D eigenvalue weighted by molar-refractivity contribution is 0.575. The molecule has 0 bridgehead atoms. The van der Waals surface area contributed by atoms with Crippen molar-refractivity contribution in [3.05, 3.63) is 53.3 Å². The van der Waals surface area contributed by atoms with E-state index in [0.29, 0.717) is 0 Å². The number of hydrogen-bond donors (Lipinski definition) is 0. The van der Waals surface area contributed by atoms with Crippen LogP contribution in [0.5, 0.6) is 0 Å². The average molecular weight is 212 g/mol. The van der Waals surface area contributed by atoms with E-state index in [4.69, 9.17) is 4.42 Å². The van der Waals surface area contributed by atoms with Crippen molar-refractivity contribution in [2.24, 2.45) is 0 Å². The average Bonchev–Trinajstić information content (AvgIpc) is 2.58. The fourth-order valence-corrected chi connectivity index (χ4v) is 1.86. The summed E-state index contributed by atoms with van der Waals surface area (Å²) < 4.78 is 5.80. The quantitative estimate of drug-likeness (QED) is 0.661. The molecule has 0 spiro atoms. The van der Waals surface area contributed by atoms with Crippen LogP contribution in [0.25, 0.3) is 17.0 Å². The third kappa shape index (κ3) is 1.69. The number of aryl methyl sites for hydroxylation is 2. The number of benzene rings is 1. The molecule has 0 amide bonds. The minimum absolute atomic E-state index is 0.963. The third-order valence-corrected chi connectivity index (χ3v) is 2.83. The Morgan fingerprint density at radius 1 is 1.31 bits per heavy atom. The first-order valence-electron chi connectivity index (χ1n) is 5.43. The van der Waals surface area contributed by atoms with Crippen LogP contribution in [0.3, 0.4) is 0 Å². The molecule has 2 rings (SSSR count). The highest BCUT2D eigenvalue weighted by Crippen LogP contribution is 2.29. The van der Waals surface area contributed by atoms with Gasteiger partial charge in [0, 0.05) is 10.9 Å². The monoisotopic (exact) mass is 212 g/mol. The Hall–Kier alpha value is -1.76. The number of furan rings is 1. The van der Waals surface area contributed by atoms with Gasteiger partial charge in [0.15, 0.2) is 0 Å². The number of hydrogen-bond acceptors (Lipinski definition) is 1. The summed E-state index contributed by atoms with van der Waals surface area (Å²) >= 11 is 0. The topological polar surface area (TPSA) is 13.1 Å². The van der Waals surface area contributed by atoms with Crippen LogP contribution >= 0.6 is 0 Å². The SMILES string of the molecule is C=C/C(C)=C\c1c(C)oc2c(C)cccc12. The first kappa shape index (κ1) is 10.7. The Kier molecular flexibility index (Phi) is 2.69. The van der Waals surface area contributed by atoms with Crippen LogP contribution in [0, 0.1) is 13.8 Å². The van der Waals surface area contributed by atoms with Crippen LogP contribution < -0.4 is 0 Å². The maximum atomic E-state index is 5.80. The summed E-state index contributed by atoms with van der Waals surface area (Å²) in [6.07, 6.45) is 3.97. The highest BCUT2D eigenvalue weighted by molar-refractivity contribution is 5.90. The molecule has 1 heterocycles. The van der Waals surface area contributed by atoms with E-state index in [1.807, 2.05) is 19.9 Å². The fraction of sp³-hybridized carbons (Fsp3) is 0.200. The number of fused-ring (bicyclic) bond motifs is 1. The molecular formula is C15H16O. The van der Waals surface area contributed by atoms with Crippen molar-refractivity contribution in [2.45, 2.75) is 20.8 Å². The molecule has 0 aliphatic rings. The molecule has 0 atom stereocenters. The lowest BCUT2D eigenvalue weighted by Crippen LogP contribution is -1.76. The summed E-state index contributed by atoms with van der Waals surface area (Å²) in [7, 11) is 0. The fourth-order valence-electron chi connectivity index (χ4n) is 1.86. The van der Waals surface area contributed by atoms with Crippen molar-refractivity contribution in [1.29, 1.82) is 0 Å². The molecule has 0 radical (unpaired) electrons. The van der Waals surface area contributed by atoms with Crippen molar-refractivity contribution in [2.75, 3.05) is 0 Å². The van der Waals surface area contributed by atoms with Gasteiger partial charge >= 0.3 is 0 Å². The lowest BCUT2D eigenvalue weighted by Gasteiger charge is -1.95. The molecule has 0 aliphatic carbocycles. The van der Waals surface area contributed by atoms with Crippen LogP contribution in [0.1, 0.15) is 23.8 Å². The van der Waals surface area contributed by atoms with Crippen molar-refractivity contribution in [3.63, 3.8) is 0 Å². The van der Waals surface area contributed by atoms with Gasteiger partial charge in [0.25, 0.3) is 0 Å². The molecule has 1 aromatic heterocycles. The Balaban J connectivity index is 2.75. The van der Waals surface area contributed by atoms with E-state index in [2.05, 4.69) is 37.8 Å². The molecule has 1 nitrogen and oxygen atoms in total. The van der Waals surface area contributed by atoms with Gasteiger partial charge in [-0.3, -0.25) is 0 Å². The van der Waals surface area contributed by atoms with E-state index in [1.165, 1.54) is 10.9 Å². The van der Waals surface area contributed by atoms with Gasteiger partial charge in [0.2, 0.25) is 0 Å². The Labute approximate surface area is 96.1 Å². The number of para-hydroxylation sites is 1. The van der Waals surface area contributed by atoms with Crippen LogP contribution in [0.4, 0.5) is 0 Å². The Morgan fingerprint density at radius 3 is 2.75 bits per heavy atom. The summed E-state index contributed by atoms with van der Waals surface area (Å²) in [5, 5.41) is 1.18. The van der Waals surface area contributed by atoms with E-state index in [9.17, 15) is 0 Å². The number of rotatable bonds is 2. The highest BCUT2D eigenvalue weighted by atomic mass is 16.3. The van der Waals surface area contributed by atoms with E-state index in [-0.39, 0.29) is 0 Å². The first-order valence-corrected chi connectivity index (χ1v) is 5.43. The molecule has 82 valence electrons. The van der Waals surface area contributed by atoms with Gasteiger partial charge in [0.1, 0.15) is 11.3 Å². The van der Waals surface area contributed by atoms with Crippen molar-refractivity contribution < 1.29 is 4.42 Å². The van der Waals surface area contributed by atoms with Crippen molar-refractivity contribution in [3.8, 4) is 0 Å². The Morgan fingerprint density at radius 2 is 2.06 bits per heavy atom. The van der Waals surface area contributed by atoms with Gasteiger partial charge in [-0.1, -0.05) is 36.4 Å². The minimum Gasteiger partial charge on any atom is -0.460 e. The van der Waals surface area contributed by atoms with Gasteiger partial charge < -0.3 is 4.42 Å². The minimum atomic E-state index is 0.963. The van der Waals surface area contributed by atoms with Gasteiger partial charge in [-0.25, -0.2) is 0 Å². The molecule has 0 saturated heterocycles. The molecule has 0 N–H and O–H groups in total. The summed E-state index contributed by atoms with van der Waals surface area (Å²) in [5.74, 6) is 0.963. The maximum absolute atomic E-state index is 5.80. The van der Waals surface area contributed by atoms with E-state index < -0.39 is 0 Å². The van der Waals surface area contributed by atoms with E-state index >= 15 is 0 Å². The molecule has 0 fully saturated rings. The van der Waals surface area contributed by atoms with Gasteiger partial charge in [-0.2, -0.15) is 0 Å². The second kappa shape index (κ2) is 4.01. The smallest absolute Gasteiger partial charge is 0.137 e. The largest absolute Gasteiger partial charge is 0.460 e. The first-order chi connectivity index (χ1) is 7.63. The summed E-state index contributed by atoms with van der Waals surface area (Å²) in [6.45, 7) is 9.88. The van der Waals surface area contributed by atoms with E-state index in [1.54, 1.807) is 0 Å². The zero-order valence-electron chi connectivity index (χ0n) is 10.0. The summed E-state index contributed by atoms with van der Waals surface area (Å²) in [6, 6.07) is 6.23. The molecule has 0 saturated carbocycles. The molecular weight excluding hydrogens is 196 g/mol. The highest BCUT2D eigenvalue weighted by Gasteiger charge is 2.09. The second-order valence-electron chi connectivity index (χ2n) is 4.12. The second-order valence-corrected chi connectivity index (χ2v) is 4.12. The molecule has 2 aromatic rings. The van der Waals surface area contributed by atoms with Gasteiger partial charge in [-0.05, 0) is 32.4 Å². The van der Waals surface area contributed by atoms with Gasteiger partial charge in [0.05, 0.1) is 0 Å². The van der Waals surface area contributed by atoms with Crippen LogP contribution in [-0.2, 0) is 0 Å². The summed E-state index contributed by atoms with van der Waals surface area (Å²) in [5.41, 5.74) is 4.48. The molecule has 0 unspecified atom stereocenters. The standard InChI is InChI=1S/C15H16O/c1-5-10(2)9-14-12(4)16-15-11(3)7-6-8-13(14)15/h5-9H,1H2,2-4H3/b10-9-. The van der Waals surface area contributed by atoms with Crippen LogP contribution in [0.2, 0.25) is 0 Å². The predicted octanol–water partition coefficient (Wildman–Crippen LogP) is 4.64. The molecule has 16 heavy (non-hydrogen) atoms. The maximum Gasteiger partial charge on any atom is 0.137 e.